The van der Waals surface area contributed by atoms with Gasteiger partial charge < -0.3 is 56.8 Å². The third-order valence-corrected chi connectivity index (χ3v) is 27.8. The van der Waals surface area contributed by atoms with Crippen LogP contribution in [0.3, 0.4) is 0 Å². The van der Waals surface area contributed by atoms with Crippen LogP contribution in [0.5, 0.6) is 0 Å². The molecule has 12 saturated carbocycles. The van der Waals surface area contributed by atoms with Crippen LogP contribution < -0.4 is 0 Å². The lowest BCUT2D eigenvalue weighted by Crippen LogP contribution is -2.71. The molecule has 8 bridgehead atoms. The van der Waals surface area contributed by atoms with E-state index < -0.39 is 47.0 Å². The Kier molecular flexibility index (Phi) is 20.7. The maximum absolute atomic E-state index is 12.6. The monoisotopic (exact) mass is 1340 g/mol. The maximum atomic E-state index is 12.6. The minimum absolute atomic E-state index is 0.0653. The van der Waals surface area contributed by atoms with Crippen molar-refractivity contribution in [1.82, 2.24) is 0 Å². The first-order chi connectivity index (χ1) is 44.8. The Bertz CT molecular complexity index is 3150. The van der Waals surface area contributed by atoms with Gasteiger partial charge in [0.05, 0.1) is 50.1 Å². The lowest BCUT2D eigenvalue weighted by atomic mass is 9.41. The Hall–Kier alpha value is -5.44. The second-order valence-electron chi connectivity index (χ2n) is 33.0. The van der Waals surface area contributed by atoms with E-state index in [1.807, 2.05) is 6.92 Å². The van der Waals surface area contributed by atoms with E-state index in [-0.39, 0.29) is 158 Å². The molecule has 0 aromatic carbocycles. The second kappa shape index (κ2) is 26.6. The molecular formula is C76H112O20. The van der Waals surface area contributed by atoms with Crippen LogP contribution in [0.4, 0.5) is 0 Å². The zero-order chi connectivity index (χ0) is 71.4. The molecule has 0 spiro atoms. The molecule has 16 aliphatic rings. The van der Waals surface area contributed by atoms with Crippen molar-refractivity contribution >= 4 is 47.8 Å². The molecular weight excluding hydrogens is 1230 g/mol. The minimum Gasteiger partial charge on any atom is -0.465 e. The van der Waals surface area contributed by atoms with E-state index in [1.165, 1.54) is 0 Å². The Morgan fingerprint density at radius 3 is 0.896 bits per heavy atom. The highest BCUT2D eigenvalue weighted by Crippen LogP contribution is 2.72. The number of hydrogen-bond acceptors (Lipinski definition) is 20. The van der Waals surface area contributed by atoms with Crippen LogP contribution in [0.15, 0.2) is 48.6 Å². The fourth-order valence-electron chi connectivity index (χ4n) is 22.4. The van der Waals surface area contributed by atoms with E-state index in [0.29, 0.717) is 54.6 Å². The summed E-state index contributed by atoms with van der Waals surface area (Å²) >= 11 is 0. The van der Waals surface area contributed by atoms with E-state index in [0.717, 1.165) is 51.4 Å². The van der Waals surface area contributed by atoms with Crippen LogP contribution in [0.25, 0.3) is 0 Å². The molecule has 0 aromatic rings. The zero-order valence-electron chi connectivity index (χ0n) is 61.0. The van der Waals surface area contributed by atoms with Crippen molar-refractivity contribution in [2.75, 3.05) is 54.9 Å². The van der Waals surface area contributed by atoms with E-state index in [2.05, 4.69) is 102 Å². The summed E-state index contributed by atoms with van der Waals surface area (Å²) in [5, 5.41) is 0. The highest BCUT2D eigenvalue weighted by atomic mass is 16.6. The van der Waals surface area contributed by atoms with Gasteiger partial charge in [-0.2, -0.15) is 0 Å². The lowest BCUT2D eigenvalue weighted by Gasteiger charge is -2.65. The summed E-state index contributed by atoms with van der Waals surface area (Å²) in [6.07, 6.45) is 4.33. The molecule has 0 radical (unpaired) electrons. The van der Waals surface area contributed by atoms with Crippen LogP contribution in [0.1, 0.15) is 162 Å². The zero-order valence-corrected chi connectivity index (χ0v) is 61.0. The van der Waals surface area contributed by atoms with Gasteiger partial charge >= 0.3 is 47.8 Å². The highest BCUT2D eigenvalue weighted by Gasteiger charge is 2.78. The number of rotatable bonds is 16. The molecule has 24 atom stereocenters. The highest BCUT2D eigenvalue weighted by molar-refractivity contribution is 5.89. The first-order valence-electron chi connectivity index (χ1n) is 35.0. The summed E-state index contributed by atoms with van der Waals surface area (Å²) in [5.41, 5.74) is -1.23. The molecule has 24 unspecified atom stereocenters. The van der Waals surface area contributed by atoms with Crippen molar-refractivity contribution in [3.05, 3.63) is 48.6 Å². The fraction of sp³-hybridized carbons (Fsp3) is 0.789. The molecule has 0 amide bonds. The van der Waals surface area contributed by atoms with Crippen LogP contribution in [0, 0.1) is 114 Å². The van der Waals surface area contributed by atoms with Gasteiger partial charge in [-0.15, -0.1) is 0 Å². The quantitative estimate of drug-likeness (QED) is 0.0791. The molecule has 96 heavy (non-hydrogen) atoms. The molecule has 4 aliphatic heterocycles. The number of esters is 8. The van der Waals surface area contributed by atoms with Gasteiger partial charge in [-0.25, -0.2) is 19.2 Å². The molecule has 4 saturated heterocycles. The van der Waals surface area contributed by atoms with Gasteiger partial charge in [0, 0.05) is 118 Å². The summed E-state index contributed by atoms with van der Waals surface area (Å²) in [7, 11) is 6.63. The summed E-state index contributed by atoms with van der Waals surface area (Å²) in [5.74, 6) is -1.70. The molecule has 20 heteroatoms. The number of carbonyl (C=O) groups is 8. The average Bonchev–Trinajstić information content (AvgIpc) is 1.24. The van der Waals surface area contributed by atoms with Crippen LogP contribution in [0.2, 0.25) is 0 Å². The maximum Gasteiger partial charge on any atom is 0.333 e. The summed E-state index contributed by atoms with van der Waals surface area (Å²) in [6.45, 7) is 48.5. The van der Waals surface area contributed by atoms with Gasteiger partial charge in [0.25, 0.3) is 0 Å². The largest absolute Gasteiger partial charge is 0.465 e. The average molecular weight is 1350 g/mol. The van der Waals surface area contributed by atoms with Crippen molar-refractivity contribution in [2.24, 2.45) is 114 Å². The molecule has 16 fully saturated rings. The first kappa shape index (κ1) is 74.8. The second-order valence-corrected chi connectivity index (χ2v) is 33.0. The Labute approximate surface area is 569 Å². The summed E-state index contributed by atoms with van der Waals surface area (Å²) in [4.78, 5) is 99.2. The number of carbonyl (C=O) groups excluding carboxylic acids is 8. The predicted molar refractivity (Wildman–Crippen MR) is 352 cm³/mol. The van der Waals surface area contributed by atoms with Crippen LogP contribution in [-0.4, -0.2) is 151 Å². The van der Waals surface area contributed by atoms with Gasteiger partial charge in [-0.1, -0.05) is 109 Å². The molecule has 12 aliphatic carbocycles. The van der Waals surface area contributed by atoms with Crippen molar-refractivity contribution in [3.8, 4) is 0 Å². The standard InChI is InChI=1S/4C19H28O5/c1-10(2)16(20)24-14-15(22-6)19(11(3)4)8-7-18(14,5)13-12(19)9-23-17(13)21;1-10(2)16(20)24-15-14(22-6)18(5)7-8-19(15,11(3)4)12-9-23-17(21)13(12)18;1-10(2)16(20)24-14-15(22-6)19(11(3)4)8-7-18(14,5)12-9-23-17(21)13(12)19;1-10(2)16(20)24-15-14(22-6)18(5)7-8-19(15,11(3)4)13-12(18)9-23-17(13)21/h4*11-15H,1,7-9H2,2-6H3. The molecule has 0 N–H and O–H groups in total. The van der Waals surface area contributed by atoms with Crippen LogP contribution in [-0.2, 0) is 95.2 Å². The van der Waals surface area contributed by atoms with Gasteiger partial charge in [0.1, 0.15) is 48.8 Å². The SMILES string of the molecule is C=C(C)C(=O)OC1C(OC)C2(C(C)C)CCC1(C)C1C(=O)OCC12.C=C(C)C(=O)OC1C(OC)C2(C(C)C)CCC1(C)C1COC(=O)C12.C=C(C)C(=O)OC1C(OC)C2(C)CCC1(C(C)C)C1C(=O)OCC12.C=C(C)C(=O)OC1C(OC)C2(C)CCC1(C(C)C)C1COC(=O)C12. The molecule has 20 nitrogen and oxygen atoms in total. The number of cyclic esters (lactones) is 4. The smallest absolute Gasteiger partial charge is 0.333 e. The molecule has 536 valence electrons. The van der Waals surface area contributed by atoms with Crippen molar-refractivity contribution < 1.29 is 95.2 Å². The third-order valence-electron chi connectivity index (χ3n) is 27.8. The fourth-order valence-corrected chi connectivity index (χ4v) is 22.4. The number of hydrogen-bond donors (Lipinski definition) is 0. The summed E-state index contributed by atoms with van der Waals surface area (Å²) < 4.78 is 68.9. The van der Waals surface area contributed by atoms with Crippen molar-refractivity contribution in [3.63, 3.8) is 0 Å². The number of fused-ring (bicyclic) bond motifs is 8. The van der Waals surface area contributed by atoms with Crippen molar-refractivity contribution in [1.29, 1.82) is 0 Å². The van der Waals surface area contributed by atoms with Gasteiger partial charge in [0.2, 0.25) is 0 Å². The topological polar surface area (TPSA) is 247 Å². The Morgan fingerprint density at radius 2 is 0.562 bits per heavy atom. The molecule has 0 aromatic heterocycles. The Morgan fingerprint density at radius 1 is 0.333 bits per heavy atom. The van der Waals surface area contributed by atoms with Crippen molar-refractivity contribution in [2.45, 2.75) is 211 Å². The predicted octanol–water partition coefficient (Wildman–Crippen LogP) is 10.9. The third kappa shape index (κ3) is 10.8. The normalized spacial score (nSPS) is 43.5. The van der Waals surface area contributed by atoms with Gasteiger partial charge in [0.15, 0.2) is 0 Å². The van der Waals surface area contributed by atoms with E-state index in [9.17, 15) is 38.4 Å². The minimum atomic E-state index is -0.463. The summed E-state index contributed by atoms with van der Waals surface area (Å²) in [6, 6.07) is 0. The van der Waals surface area contributed by atoms with Gasteiger partial charge in [-0.05, 0) is 103 Å². The molecule has 16 rings (SSSR count). The van der Waals surface area contributed by atoms with Gasteiger partial charge in [-0.3, -0.25) is 19.2 Å². The van der Waals surface area contributed by atoms with Crippen LogP contribution >= 0.6 is 0 Å². The van der Waals surface area contributed by atoms with E-state index in [4.69, 9.17) is 56.8 Å². The van der Waals surface area contributed by atoms with E-state index >= 15 is 0 Å². The number of methoxy groups -OCH3 is 4. The van der Waals surface area contributed by atoms with E-state index in [1.54, 1.807) is 56.1 Å². The molecule has 4 heterocycles. The number of ether oxygens (including phenoxy) is 12. The Balaban J connectivity index is 0.000000150. The first-order valence-corrected chi connectivity index (χ1v) is 35.0. The lowest BCUT2D eigenvalue weighted by molar-refractivity contribution is -0.266.